The van der Waals surface area contributed by atoms with Crippen LogP contribution < -0.4 is 4.74 Å². The lowest BCUT2D eigenvalue weighted by molar-refractivity contribution is -0.143. The Morgan fingerprint density at radius 1 is 1.19 bits per heavy atom. The maximum atomic E-state index is 14.3. The largest absolute Gasteiger partial charge is 0.497 e. The molecule has 9 nitrogen and oxygen atoms in total. The quantitative estimate of drug-likeness (QED) is 0.318. The molecule has 0 unspecified atom stereocenters. The van der Waals surface area contributed by atoms with Crippen LogP contribution in [0, 0.1) is 13.5 Å². The first-order valence-electron chi connectivity index (χ1n) is 13.3. The van der Waals surface area contributed by atoms with Crippen LogP contribution in [-0.4, -0.2) is 74.8 Å². The molecular formula is C30H29F3N6O3. The summed E-state index contributed by atoms with van der Waals surface area (Å²) < 4.78 is 48.8. The Balaban J connectivity index is 1.49. The van der Waals surface area contributed by atoms with Gasteiger partial charge in [-0.15, -0.1) is 0 Å². The van der Waals surface area contributed by atoms with Crippen LogP contribution in [0.25, 0.3) is 21.7 Å². The average molecular weight is 579 g/mol. The number of rotatable bonds is 6. The zero-order chi connectivity index (χ0) is 30.2. The summed E-state index contributed by atoms with van der Waals surface area (Å²) in [4.78, 5) is 25.5. The topological polar surface area (TPSA) is 87.6 Å². The number of piperazine rings is 1. The van der Waals surface area contributed by atoms with Crippen molar-refractivity contribution in [2.24, 2.45) is 0 Å². The van der Waals surface area contributed by atoms with Gasteiger partial charge in [0.05, 0.1) is 32.2 Å². The summed E-state index contributed by atoms with van der Waals surface area (Å²) in [7, 11) is 1.49. The number of hydrogen-bond acceptors (Lipinski definition) is 6. The molecule has 42 heavy (non-hydrogen) atoms. The molecule has 0 aliphatic carbocycles. The summed E-state index contributed by atoms with van der Waals surface area (Å²) in [5, 5.41) is 14.2. The molecule has 4 aromatic rings. The van der Waals surface area contributed by atoms with Gasteiger partial charge in [0.25, 0.3) is 5.91 Å². The Labute approximate surface area is 240 Å². The molecule has 2 atom stereocenters. The van der Waals surface area contributed by atoms with Crippen molar-refractivity contribution < 1.29 is 27.8 Å². The van der Waals surface area contributed by atoms with Crippen molar-refractivity contribution in [1.29, 1.82) is 0 Å². The Hall–Kier alpha value is -4.47. The van der Waals surface area contributed by atoms with Gasteiger partial charge in [0.1, 0.15) is 11.3 Å². The van der Waals surface area contributed by atoms with E-state index in [2.05, 4.69) is 14.9 Å². The van der Waals surface area contributed by atoms with Crippen LogP contribution in [0.15, 0.2) is 54.7 Å². The molecular weight excluding hydrogens is 549 g/mol. The first-order chi connectivity index (χ1) is 20.1. The van der Waals surface area contributed by atoms with Crippen LogP contribution in [0.5, 0.6) is 5.75 Å². The number of halogens is 3. The van der Waals surface area contributed by atoms with E-state index >= 15 is 0 Å². The van der Waals surface area contributed by atoms with E-state index in [0.717, 1.165) is 6.20 Å². The SMILES string of the molecule is [C-]#[N+]c1ccccc1[C@@H](CO)N1CCN(C(=O)c2cnn3c(C(F)(F)F)c(C)c(-c4ccc(OC)cc4)nc23)[C@H](C)C1. The summed E-state index contributed by atoms with van der Waals surface area (Å²) in [6.45, 7) is 11.5. The molecule has 1 aliphatic rings. The maximum absolute atomic E-state index is 14.3. The van der Waals surface area contributed by atoms with Crippen molar-refractivity contribution in [2.45, 2.75) is 32.1 Å². The molecule has 3 heterocycles. The second-order valence-corrected chi connectivity index (χ2v) is 10.2. The third-order valence-corrected chi connectivity index (χ3v) is 7.70. The van der Waals surface area contributed by atoms with Gasteiger partial charge >= 0.3 is 6.18 Å². The molecule has 1 amide bonds. The highest BCUT2D eigenvalue weighted by molar-refractivity contribution is 6.00. The summed E-state index contributed by atoms with van der Waals surface area (Å²) >= 11 is 0. The number of alkyl halides is 3. The van der Waals surface area contributed by atoms with Crippen LogP contribution in [0.2, 0.25) is 0 Å². The van der Waals surface area contributed by atoms with Crippen molar-refractivity contribution >= 4 is 17.2 Å². The lowest BCUT2D eigenvalue weighted by Crippen LogP contribution is -2.55. The Morgan fingerprint density at radius 2 is 1.90 bits per heavy atom. The van der Waals surface area contributed by atoms with Gasteiger partial charge in [-0.1, -0.05) is 24.3 Å². The van der Waals surface area contributed by atoms with Crippen molar-refractivity contribution in [3.63, 3.8) is 0 Å². The van der Waals surface area contributed by atoms with Crippen LogP contribution in [-0.2, 0) is 6.18 Å². The van der Waals surface area contributed by atoms with E-state index in [-0.39, 0.29) is 41.7 Å². The molecule has 0 bridgehead atoms. The van der Waals surface area contributed by atoms with Gasteiger partial charge in [0, 0.05) is 42.8 Å². The minimum Gasteiger partial charge on any atom is -0.497 e. The number of carbonyl (C=O) groups excluding carboxylic acids is 1. The van der Waals surface area contributed by atoms with Crippen LogP contribution in [0.4, 0.5) is 18.9 Å². The second kappa shape index (κ2) is 11.4. The van der Waals surface area contributed by atoms with Gasteiger partial charge < -0.3 is 14.7 Å². The molecule has 1 fully saturated rings. The van der Waals surface area contributed by atoms with Gasteiger partial charge in [-0.3, -0.25) is 9.69 Å². The number of amides is 1. The van der Waals surface area contributed by atoms with Crippen LogP contribution in [0.1, 0.15) is 40.1 Å². The lowest BCUT2D eigenvalue weighted by Gasteiger charge is -2.43. The van der Waals surface area contributed by atoms with E-state index < -0.39 is 23.8 Å². The standard InChI is InChI=1S/C30H29F3N6O3/c1-18-16-37(25(17-40)22-7-5-6-8-24(22)34-3)13-14-38(18)29(41)23-15-35-39-27(30(31,32)33)19(2)26(36-28(23)39)20-9-11-21(42-4)12-10-20/h5-12,15,18,25,40H,13-14,16-17H2,1-2,4H3/t18-,25-/m1/s1. The number of para-hydroxylation sites is 1. The molecule has 1 saturated heterocycles. The number of benzene rings is 2. The monoisotopic (exact) mass is 578 g/mol. The molecule has 2 aromatic heterocycles. The van der Waals surface area contributed by atoms with Gasteiger partial charge in [-0.25, -0.2) is 14.3 Å². The van der Waals surface area contributed by atoms with Gasteiger partial charge in [-0.2, -0.15) is 18.3 Å². The van der Waals surface area contributed by atoms with Crippen molar-refractivity contribution in [3.8, 4) is 17.0 Å². The first kappa shape index (κ1) is 29.0. The molecule has 1 N–H and O–H groups in total. The number of aliphatic hydroxyl groups is 1. The molecule has 1 aliphatic heterocycles. The summed E-state index contributed by atoms with van der Waals surface area (Å²) in [5.41, 5.74) is 0.356. The van der Waals surface area contributed by atoms with Crippen LogP contribution in [0.3, 0.4) is 0 Å². The number of carbonyl (C=O) groups is 1. The normalized spacial score (nSPS) is 16.8. The molecule has 2 aromatic carbocycles. The van der Waals surface area contributed by atoms with E-state index in [9.17, 15) is 23.1 Å². The number of aliphatic hydroxyl groups excluding tert-OH is 1. The third-order valence-electron chi connectivity index (χ3n) is 7.70. The van der Waals surface area contributed by atoms with E-state index in [4.69, 9.17) is 11.3 Å². The Kier molecular flexibility index (Phi) is 7.90. The minimum atomic E-state index is -4.75. The fraction of sp³-hybridized carbons (Fsp3) is 0.333. The van der Waals surface area contributed by atoms with E-state index in [1.54, 1.807) is 41.3 Å². The highest BCUT2D eigenvalue weighted by atomic mass is 19.4. The zero-order valence-electron chi connectivity index (χ0n) is 23.3. The highest BCUT2D eigenvalue weighted by Crippen LogP contribution is 2.37. The number of ether oxygens (including phenoxy) is 1. The fourth-order valence-electron chi connectivity index (χ4n) is 5.59. The third kappa shape index (κ3) is 5.17. The summed E-state index contributed by atoms with van der Waals surface area (Å²) in [6, 6.07) is 12.8. The molecule has 218 valence electrons. The Morgan fingerprint density at radius 3 is 2.52 bits per heavy atom. The predicted octanol–water partition coefficient (Wildman–Crippen LogP) is 5.16. The number of fused-ring (bicyclic) bond motifs is 1. The summed E-state index contributed by atoms with van der Waals surface area (Å²) in [5.74, 6) is 0.0623. The van der Waals surface area contributed by atoms with Crippen molar-refractivity contribution in [3.05, 3.63) is 88.5 Å². The number of nitrogens with zero attached hydrogens (tertiary/aromatic N) is 6. The van der Waals surface area contributed by atoms with Gasteiger partial charge in [0.2, 0.25) is 0 Å². The van der Waals surface area contributed by atoms with Crippen molar-refractivity contribution in [2.75, 3.05) is 33.4 Å². The number of methoxy groups -OCH3 is 1. The lowest BCUT2D eigenvalue weighted by atomic mass is 10.0. The van der Waals surface area contributed by atoms with E-state index in [1.807, 2.05) is 24.0 Å². The maximum Gasteiger partial charge on any atom is 0.433 e. The molecule has 0 radical (unpaired) electrons. The average Bonchev–Trinajstić information content (AvgIpc) is 3.39. The highest BCUT2D eigenvalue weighted by Gasteiger charge is 2.40. The smallest absolute Gasteiger partial charge is 0.433 e. The molecule has 5 rings (SSSR count). The summed E-state index contributed by atoms with van der Waals surface area (Å²) in [6.07, 6.45) is -3.61. The minimum absolute atomic E-state index is 0.0346. The van der Waals surface area contributed by atoms with E-state index in [1.165, 1.54) is 14.0 Å². The number of hydrogen-bond donors (Lipinski definition) is 1. The molecule has 0 saturated carbocycles. The zero-order valence-corrected chi connectivity index (χ0v) is 23.3. The van der Waals surface area contributed by atoms with E-state index in [0.29, 0.717) is 40.2 Å². The van der Waals surface area contributed by atoms with Crippen molar-refractivity contribution in [1.82, 2.24) is 24.4 Å². The second-order valence-electron chi connectivity index (χ2n) is 10.2. The molecule has 12 heteroatoms. The number of aromatic nitrogens is 3. The first-order valence-corrected chi connectivity index (χ1v) is 13.3. The van der Waals surface area contributed by atoms with Gasteiger partial charge in [-0.05, 0) is 43.7 Å². The predicted molar refractivity (Wildman–Crippen MR) is 149 cm³/mol. The fourth-order valence-corrected chi connectivity index (χ4v) is 5.59. The molecule has 0 spiro atoms. The van der Waals surface area contributed by atoms with Crippen LogP contribution >= 0.6 is 0 Å². The van der Waals surface area contributed by atoms with Gasteiger partial charge in [0.15, 0.2) is 17.0 Å². The Bertz CT molecular complexity index is 1660.